The summed E-state index contributed by atoms with van der Waals surface area (Å²) in [6, 6.07) is 23.5. The van der Waals surface area contributed by atoms with Gasteiger partial charge in [-0.2, -0.15) is 14.6 Å². The Morgan fingerprint density at radius 2 is 1.61 bits per heavy atom. The average molecular weight is 522 g/mol. The Kier molecular flexibility index (Phi) is 5.97. The van der Waals surface area contributed by atoms with Gasteiger partial charge in [0.25, 0.3) is 5.56 Å². The number of rotatable bonds is 6. The Hall–Kier alpha value is -4.76. The molecule has 38 heavy (non-hydrogen) atoms. The van der Waals surface area contributed by atoms with Crippen molar-refractivity contribution >= 4 is 22.4 Å². The highest BCUT2D eigenvalue weighted by atomic mass is 32.1. The molecule has 0 amide bonds. The highest BCUT2D eigenvalue weighted by Gasteiger charge is 2.16. The minimum absolute atomic E-state index is 0.230. The van der Waals surface area contributed by atoms with Crippen LogP contribution < -0.4 is 19.6 Å². The molecule has 0 unspecified atom stereocenters. The van der Waals surface area contributed by atoms with E-state index in [0.29, 0.717) is 26.8 Å². The molecule has 0 bridgehead atoms. The molecule has 0 radical (unpaired) electrons. The molecule has 3 aromatic carbocycles. The van der Waals surface area contributed by atoms with Crippen molar-refractivity contribution < 1.29 is 9.47 Å². The number of fused-ring (bicyclic) bond motifs is 1. The van der Waals surface area contributed by atoms with E-state index in [9.17, 15) is 4.79 Å². The van der Waals surface area contributed by atoms with Gasteiger partial charge in [0, 0.05) is 22.9 Å². The largest absolute Gasteiger partial charge is 0.493 e. The first-order valence-corrected chi connectivity index (χ1v) is 12.7. The lowest BCUT2D eigenvalue weighted by molar-refractivity contribution is 0.355. The number of para-hydroxylation sites is 1. The van der Waals surface area contributed by atoms with Crippen molar-refractivity contribution in [1.82, 2.24) is 24.4 Å². The molecule has 188 valence electrons. The van der Waals surface area contributed by atoms with Crippen LogP contribution in [0.3, 0.4) is 0 Å². The van der Waals surface area contributed by atoms with E-state index in [2.05, 4.69) is 22.2 Å². The maximum atomic E-state index is 13.3. The van der Waals surface area contributed by atoms with E-state index in [1.807, 2.05) is 72.4 Å². The lowest BCUT2D eigenvalue weighted by Gasteiger charge is -2.07. The zero-order valence-electron chi connectivity index (χ0n) is 21.0. The third-order valence-corrected chi connectivity index (χ3v) is 7.16. The number of thiazole rings is 1. The molecule has 0 aliphatic heterocycles. The first-order valence-electron chi connectivity index (χ1n) is 11.9. The highest BCUT2D eigenvalue weighted by molar-refractivity contribution is 7.15. The summed E-state index contributed by atoms with van der Waals surface area (Å²) in [7, 11) is 3.15. The number of methoxy groups -OCH3 is 2. The summed E-state index contributed by atoms with van der Waals surface area (Å²) >= 11 is 1.29. The van der Waals surface area contributed by atoms with Gasteiger partial charge in [0.05, 0.1) is 30.1 Å². The number of aromatic nitrogens is 5. The average Bonchev–Trinajstić information content (AvgIpc) is 3.64. The van der Waals surface area contributed by atoms with Crippen LogP contribution in [0.1, 0.15) is 11.1 Å². The summed E-state index contributed by atoms with van der Waals surface area (Å²) in [4.78, 5) is 18.5. The molecule has 0 N–H and O–H groups in total. The molecule has 0 spiro atoms. The highest BCUT2D eigenvalue weighted by Crippen LogP contribution is 2.31. The van der Waals surface area contributed by atoms with Crippen LogP contribution in [-0.2, 0) is 0 Å². The van der Waals surface area contributed by atoms with Gasteiger partial charge in [0.1, 0.15) is 0 Å². The number of aryl methyl sites for hydroxylation is 1. The molecular weight excluding hydrogens is 498 g/mol. The number of nitrogens with zero attached hydrogens (tertiary/aromatic N) is 5. The lowest BCUT2D eigenvalue weighted by atomic mass is 10.1. The zero-order chi connectivity index (χ0) is 26.2. The fourth-order valence-electron chi connectivity index (χ4n) is 4.21. The minimum atomic E-state index is -0.230. The summed E-state index contributed by atoms with van der Waals surface area (Å²) in [5, 5.41) is 9.34. The van der Waals surface area contributed by atoms with E-state index in [4.69, 9.17) is 14.6 Å². The topological polar surface area (TPSA) is 83.5 Å². The Bertz CT molecular complexity index is 1870. The van der Waals surface area contributed by atoms with Gasteiger partial charge >= 0.3 is 0 Å². The maximum absolute atomic E-state index is 13.3. The van der Waals surface area contributed by atoms with Crippen LogP contribution in [0, 0.1) is 6.92 Å². The lowest BCUT2D eigenvalue weighted by Crippen LogP contribution is -2.23. The molecule has 0 fully saturated rings. The molecule has 0 saturated carbocycles. The van der Waals surface area contributed by atoms with Gasteiger partial charge in [-0.1, -0.05) is 59.4 Å². The third-order valence-electron chi connectivity index (χ3n) is 6.20. The Balaban J connectivity index is 1.45. The first-order chi connectivity index (χ1) is 18.5. The van der Waals surface area contributed by atoms with E-state index in [0.717, 1.165) is 28.1 Å². The van der Waals surface area contributed by atoms with E-state index in [1.54, 1.807) is 26.4 Å². The molecule has 3 aromatic heterocycles. The number of hydrogen-bond acceptors (Lipinski definition) is 7. The first kappa shape index (κ1) is 23.6. The van der Waals surface area contributed by atoms with Gasteiger partial charge in [-0.25, -0.2) is 4.68 Å². The second-order valence-electron chi connectivity index (χ2n) is 8.69. The van der Waals surface area contributed by atoms with Crippen molar-refractivity contribution in [2.75, 3.05) is 14.2 Å². The number of benzene rings is 3. The summed E-state index contributed by atoms with van der Waals surface area (Å²) in [5.41, 5.74) is 5.20. The predicted molar refractivity (Wildman–Crippen MR) is 148 cm³/mol. The summed E-state index contributed by atoms with van der Waals surface area (Å²) < 4.78 is 14.4. The van der Waals surface area contributed by atoms with Gasteiger partial charge in [0.15, 0.2) is 17.3 Å². The van der Waals surface area contributed by atoms with Gasteiger partial charge < -0.3 is 9.47 Å². The summed E-state index contributed by atoms with van der Waals surface area (Å²) in [6.07, 6.45) is 3.80. The second-order valence-corrected chi connectivity index (χ2v) is 9.70. The van der Waals surface area contributed by atoms with Crippen molar-refractivity contribution in [2.24, 2.45) is 0 Å². The molecule has 0 saturated heterocycles. The molecule has 0 aliphatic rings. The zero-order valence-corrected chi connectivity index (χ0v) is 21.8. The molecular formula is C29H23N5O3S. The fourth-order valence-corrected chi connectivity index (χ4v) is 5.11. The van der Waals surface area contributed by atoms with Crippen molar-refractivity contribution in [3.8, 4) is 39.8 Å². The van der Waals surface area contributed by atoms with Crippen LogP contribution in [0.2, 0.25) is 0 Å². The summed E-state index contributed by atoms with van der Waals surface area (Å²) in [6.45, 7) is 2.05. The molecule has 3 heterocycles. The van der Waals surface area contributed by atoms with Gasteiger partial charge in [-0.3, -0.25) is 4.79 Å². The van der Waals surface area contributed by atoms with E-state index in [1.165, 1.54) is 21.4 Å². The minimum Gasteiger partial charge on any atom is -0.493 e. The molecule has 6 aromatic rings. The van der Waals surface area contributed by atoms with Crippen LogP contribution in [0.25, 0.3) is 39.4 Å². The van der Waals surface area contributed by atoms with Crippen molar-refractivity contribution in [2.45, 2.75) is 6.92 Å². The van der Waals surface area contributed by atoms with Crippen LogP contribution in [0.4, 0.5) is 0 Å². The Labute approximate surface area is 222 Å². The third kappa shape index (κ3) is 4.22. The van der Waals surface area contributed by atoms with Crippen LogP contribution in [-0.4, -0.2) is 38.6 Å². The molecule has 0 atom stereocenters. The van der Waals surface area contributed by atoms with Gasteiger partial charge in [-0.05, 0) is 43.3 Å². The normalized spacial score (nSPS) is 11.8. The van der Waals surface area contributed by atoms with Crippen molar-refractivity contribution in [3.63, 3.8) is 0 Å². The number of ether oxygens (including phenoxy) is 2. The van der Waals surface area contributed by atoms with Crippen LogP contribution >= 0.6 is 11.3 Å². The standard InChI is InChI=1S/C29H23N5O3S/c1-18-9-11-19(12-10-18)26-21(17-33(31-26)22-7-5-4-6-8-22)16-25-28(35)34-29(38-25)30-27(32-34)20-13-14-23(36-2)24(15-20)37-3/h4-17H,1-3H3. The van der Waals surface area contributed by atoms with Gasteiger partial charge in [0.2, 0.25) is 4.96 Å². The smallest absolute Gasteiger partial charge is 0.291 e. The van der Waals surface area contributed by atoms with Gasteiger partial charge in [-0.15, -0.1) is 5.10 Å². The maximum Gasteiger partial charge on any atom is 0.291 e. The number of hydrogen-bond donors (Lipinski definition) is 0. The quantitative estimate of drug-likeness (QED) is 0.320. The van der Waals surface area contributed by atoms with E-state index in [-0.39, 0.29) is 5.56 Å². The monoisotopic (exact) mass is 521 g/mol. The fraction of sp³-hybridized carbons (Fsp3) is 0.103. The van der Waals surface area contributed by atoms with Crippen molar-refractivity contribution in [3.05, 3.63) is 105 Å². The van der Waals surface area contributed by atoms with Crippen LogP contribution in [0.5, 0.6) is 11.5 Å². The van der Waals surface area contributed by atoms with Crippen molar-refractivity contribution in [1.29, 1.82) is 0 Å². The van der Waals surface area contributed by atoms with E-state index < -0.39 is 0 Å². The molecule has 9 heteroatoms. The molecule has 0 aliphatic carbocycles. The summed E-state index contributed by atoms with van der Waals surface area (Å²) in [5.74, 6) is 1.62. The predicted octanol–water partition coefficient (Wildman–Crippen LogP) is 4.54. The second kappa shape index (κ2) is 9.60. The van der Waals surface area contributed by atoms with E-state index >= 15 is 0 Å². The Morgan fingerprint density at radius 1 is 0.868 bits per heavy atom. The molecule has 8 nitrogen and oxygen atoms in total. The SMILES string of the molecule is COc1ccc(-c2nc3sc(=Cc4cn(-c5ccccc5)nc4-c4ccc(C)cc4)c(=O)n3n2)cc1OC. The molecule has 6 rings (SSSR count). The Morgan fingerprint density at radius 3 is 2.32 bits per heavy atom. The van der Waals surface area contributed by atoms with Crippen LogP contribution in [0.15, 0.2) is 83.8 Å².